The molecule has 3 aliphatic rings. The van der Waals surface area contributed by atoms with E-state index in [1.165, 1.54) is 6.07 Å². The number of hydrogen-bond donors (Lipinski definition) is 4. The lowest BCUT2D eigenvalue weighted by Gasteiger charge is -2.40. The Kier molecular flexibility index (Phi) is 7.45. The molecule has 2 heterocycles. The molecule has 0 bridgehead atoms. The summed E-state index contributed by atoms with van der Waals surface area (Å²) in [6, 6.07) is 8.98. The predicted molar refractivity (Wildman–Crippen MR) is 132 cm³/mol. The van der Waals surface area contributed by atoms with Crippen molar-refractivity contribution in [3.05, 3.63) is 59.2 Å². The summed E-state index contributed by atoms with van der Waals surface area (Å²) in [4.78, 5) is 26.8. The first-order valence-electron chi connectivity index (χ1n) is 12.8. The van der Waals surface area contributed by atoms with Crippen LogP contribution in [0.15, 0.2) is 42.5 Å². The lowest BCUT2D eigenvalue weighted by molar-refractivity contribution is -0.137. The summed E-state index contributed by atoms with van der Waals surface area (Å²) in [5.41, 5.74) is -1.36. The van der Waals surface area contributed by atoms with Crippen molar-refractivity contribution in [3.63, 3.8) is 0 Å². The van der Waals surface area contributed by atoms with E-state index in [9.17, 15) is 33.0 Å². The number of rotatable bonds is 6. The SMILES string of the molecule is O=C(CNC(=O)c1cccc(C(F)(F)F)c1)N[C@H]1CN(C2CCC(O)(c3ccc4c(c3)OCO4)CC2)C[C@@H]1O. The maximum Gasteiger partial charge on any atom is 0.416 e. The number of hydrogen-bond acceptors (Lipinski definition) is 7. The number of alkyl halides is 3. The van der Waals surface area contributed by atoms with E-state index in [0.717, 1.165) is 23.8 Å². The van der Waals surface area contributed by atoms with Crippen molar-refractivity contribution in [1.29, 1.82) is 0 Å². The van der Waals surface area contributed by atoms with Crippen LogP contribution in [0.25, 0.3) is 0 Å². The molecule has 5 rings (SSSR count). The van der Waals surface area contributed by atoms with Crippen molar-refractivity contribution in [3.8, 4) is 11.5 Å². The largest absolute Gasteiger partial charge is 0.454 e. The third-order valence-corrected chi connectivity index (χ3v) is 7.73. The van der Waals surface area contributed by atoms with Gasteiger partial charge in [0.1, 0.15) is 0 Å². The van der Waals surface area contributed by atoms with Crippen LogP contribution in [0.4, 0.5) is 13.2 Å². The van der Waals surface area contributed by atoms with E-state index in [0.29, 0.717) is 50.3 Å². The monoisotopic (exact) mass is 549 g/mol. The Morgan fingerprint density at radius 1 is 1.05 bits per heavy atom. The van der Waals surface area contributed by atoms with Crippen molar-refractivity contribution >= 4 is 11.8 Å². The first-order valence-corrected chi connectivity index (χ1v) is 12.8. The minimum absolute atomic E-state index is 0.122. The third-order valence-electron chi connectivity index (χ3n) is 7.73. The molecule has 2 aliphatic heterocycles. The normalized spacial score (nSPS) is 26.8. The Morgan fingerprint density at radius 3 is 2.54 bits per heavy atom. The van der Waals surface area contributed by atoms with Gasteiger partial charge in [-0.1, -0.05) is 12.1 Å². The van der Waals surface area contributed by atoms with Crippen LogP contribution in [0, 0.1) is 0 Å². The van der Waals surface area contributed by atoms with Gasteiger partial charge in [-0.15, -0.1) is 0 Å². The van der Waals surface area contributed by atoms with Crippen LogP contribution in [0.2, 0.25) is 0 Å². The molecule has 12 heteroatoms. The van der Waals surface area contributed by atoms with Crippen molar-refractivity contribution in [2.75, 3.05) is 26.4 Å². The molecule has 39 heavy (non-hydrogen) atoms. The van der Waals surface area contributed by atoms with Crippen LogP contribution < -0.4 is 20.1 Å². The zero-order valence-electron chi connectivity index (χ0n) is 21.0. The summed E-state index contributed by atoms with van der Waals surface area (Å²) in [7, 11) is 0. The number of likely N-dealkylation sites (tertiary alicyclic amines) is 1. The highest BCUT2D eigenvalue weighted by Crippen LogP contribution is 2.43. The van der Waals surface area contributed by atoms with E-state index in [1.54, 1.807) is 6.07 Å². The fourth-order valence-corrected chi connectivity index (χ4v) is 5.53. The molecule has 2 aromatic carbocycles. The van der Waals surface area contributed by atoms with Gasteiger partial charge in [0.15, 0.2) is 11.5 Å². The molecule has 0 unspecified atom stereocenters. The van der Waals surface area contributed by atoms with Crippen LogP contribution in [0.1, 0.15) is 47.2 Å². The number of carbonyl (C=O) groups excluding carboxylic acids is 2. The molecule has 1 aliphatic carbocycles. The van der Waals surface area contributed by atoms with Crippen LogP contribution >= 0.6 is 0 Å². The Balaban J connectivity index is 1.10. The maximum atomic E-state index is 12.9. The molecule has 9 nitrogen and oxygen atoms in total. The minimum Gasteiger partial charge on any atom is -0.454 e. The fraction of sp³-hybridized carbons (Fsp3) is 0.481. The average Bonchev–Trinajstić information content (AvgIpc) is 3.53. The number of benzene rings is 2. The number of aliphatic hydroxyl groups excluding tert-OH is 1. The number of nitrogens with one attached hydrogen (secondary N) is 2. The van der Waals surface area contributed by atoms with Crippen molar-refractivity contribution in [1.82, 2.24) is 15.5 Å². The zero-order valence-corrected chi connectivity index (χ0v) is 21.0. The highest BCUT2D eigenvalue weighted by Gasteiger charge is 2.41. The minimum atomic E-state index is -4.58. The highest BCUT2D eigenvalue weighted by atomic mass is 19.4. The number of ether oxygens (including phenoxy) is 2. The van der Waals surface area contributed by atoms with Gasteiger partial charge in [-0.05, 0) is 61.6 Å². The molecule has 2 aromatic rings. The third kappa shape index (κ3) is 5.97. The van der Waals surface area contributed by atoms with E-state index in [2.05, 4.69) is 15.5 Å². The molecule has 2 fully saturated rings. The first kappa shape index (κ1) is 27.2. The van der Waals surface area contributed by atoms with E-state index in [1.807, 2.05) is 12.1 Å². The summed E-state index contributed by atoms with van der Waals surface area (Å²) in [6.07, 6.45) is -2.94. The van der Waals surface area contributed by atoms with Gasteiger partial charge in [0.25, 0.3) is 5.91 Å². The average molecular weight is 550 g/mol. The molecule has 210 valence electrons. The summed E-state index contributed by atoms with van der Waals surface area (Å²) in [6.45, 7) is 0.483. The van der Waals surface area contributed by atoms with Crippen LogP contribution in [0.3, 0.4) is 0 Å². The molecule has 1 saturated heterocycles. The summed E-state index contributed by atoms with van der Waals surface area (Å²) >= 11 is 0. The molecule has 0 radical (unpaired) electrons. The summed E-state index contributed by atoms with van der Waals surface area (Å²) in [5.74, 6) is -0.0789. The fourth-order valence-electron chi connectivity index (χ4n) is 5.53. The van der Waals surface area contributed by atoms with E-state index < -0.39 is 47.8 Å². The number of halogens is 3. The van der Waals surface area contributed by atoms with Gasteiger partial charge in [-0.25, -0.2) is 0 Å². The Hall–Kier alpha value is -3.35. The van der Waals surface area contributed by atoms with Crippen molar-refractivity contribution in [2.45, 2.75) is 55.6 Å². The molecule has 0 spiro atoms. The summed E-state index contributed by atoms with van der Waals surface area (Å²) in [5, 5.41) is 26.9. The second-order valence-corrected chi connectivity index (χ2v) is 10.3. The maximum absolute atomic E-state index is 12.9. The van der Waals surface area contributed by atoms with E-state index >= 15 is 0 Å². The number of β-amino-alcohol motifs (C(OH)–C–C–N with tert-alkyl or cyclic N) is 1. The second-order valence-electron chi connectivity index (χ2n) is 10.3. The quantitative estimate of drug-likeness (QED) is 0.436. The molecule has 1 saturated carbocycles. The second kappa shape index (κ2) is 10.7. The molecule has 0 aromatic heterocycles. The van der Waals surface area contributed by atoms with Crippen LogP contribution in [0.5, 0.6) is 11.5 Å². The van der Waals surface area contributed by atoms with Gasteiger partial charge in [-0.3, -0.25) is 14.5 Å². The number of nitrogens with zero attached hydrogens (tertiary/aromatic N) is 1. The Morgan fingerprint density at radius 2 is 1.79 bits per heavy atom. The number of aliphatic hydroxyl groups is 2. The Bertz CT molecular complexity index is 1230. The van der Waals surface area contributed by atoms with Gasteiger partial charge in [-0.2, -0.15) is 13.2 Å². The van der Waals surface area contributed by atoms with Crippen LogP contribution in [-0.4, -0.2) is 71.5 Å². The predicted octanol–water partition coefficient (Wildman–Crippen LogP) is 2.16. The standard InChI is InChI=1S/C27H30F3N3O6/c28-27(29,30)18-3-1-2-16(10-18)25(36)31-12-24(35)32-20-13-33(14-21(20)34)19-6-8-26(37,9-7-19)17-4-5-22-23(11-17)39-15-38-22/h1-5,10-11,19-21,34,37H,6-9,12-15H2,(H,31,36)(H,32,35)/t19?,20-,21-,26?/m0/s1. The van der Waals surface area contributed by atoms with Crippen molar-refractivity contribution in [2.24, 2.45) is 0 Å². The first-order chi connectivity index (χ1) is 18.5. The number of fused-ring (bicyclic) bond motifs is 1. The zero-order chi connectivity index (χ0) is 27.8. The van der Waals surface area contributed by atoms with Gasteiger partial charge >= 0.3 is 6.18 Å². The van der Waals surface area contributed by atoms with Crippen molar-refractivity contribution < 1.29 is 42.4 Å². The van der Waals surface area contributed by atoms with Gasteiger partial charge in [0.2, 0.25) is 12.7 Å². The highest BCUT2D eigenvalue weighted by molar-refractivity contribution is 5.96. The topological polar surface area (TPSA) is 120 Å². The smallest absolute Gasteiger partial charge is 0.416 e. The van der Waals surface area contributed by atoms with E-state index in [4.69, 9.17) is 9.47 Å². The van der Waals surface area contributed by atoms with Gasteiger partial charge < -0.3 is 30.3 Å². The number of amides is 2. The lowest BCUT2D eigenvalue weighted by Crippen LogP contribution is -2.47. The number of carbonyl (C=O) groups is 2. The Labute approximate surface area is 222 Å². The van der Waals surface area contributed by atoms with Gasteiger partial charge in [0.05, 0.1) is 29.9 Å². The molecule has 2 amide bonds. The van der Waals surface area contributed by atoms with Gasteiger partial charge in [0, 0.05) is 24.7 Å². The molecular weight excluding hydrogens is 519 g/mol. The van der Waals surface area contributed by atoms with E-state index in [-0.39, 0.29) is 18.4 Å². The lowest BCUT2D eigenvalue weighted by atomic mass is 9.77. The molecule has 4 N–H and O–H groups in total. The van der Waals surface area contributed by atoms with Crippen LogP contribution in [-0.2, 0) is 16.6 Å². The molecular formula is C27H30F3N3O6. The summed E-state index contributed by atoms with van der Waals surface area (Å²) < 4.78 is 49.5. The molecule has 2 atom stereocenters.